The molecule has 0 aliphatic rings. The van der Waals surface area contributed by atoms with Crippen LogP contribution in [-0.2, 0) is 7.97 Å². The molecule has 0 bridgehead atoms. The Morgan fingerprint density at radius 1 is 1.31 bits per heavy atom. The smallest absolute Gasteiger partial charge is 0.176 e. The van der Waals surface area contributed by atoms with Gasteiger partial charge < -0.3 is 9.47 Å². The van der Waals surface area contributed by atoms with E-state index >= 15 is 0 Å². The predicted molar refractivity (Wildman–Crippen MR) is 70.9 cm³/mol. The van der Waals surface area contributed by atoms with Crippen molar-refractivity contribution in [2.75, 3.05) is 20.0 Å². The van der Waals surface area contributed by atoms with E-state index in [0.29, 0.717) is 17.1 Å². The van der Waals surface area contributed by atoms with Crippen molar-refractivity contribution in [2.24, 2.45) is 0 Å². The molecule has 0 heterocycles. The second-order valence-corrected chi connectivity index (χ2v) is 6.74. The zero-order valence-corrected chi connectivity index (χ0v) is 11.8. The molecule has 1 unspecified atom stereocenters. The average molecular weight is 354 g/mol. The van der Waals surface area contributed by atoms with Crippen molar-refractivity contribution in [1.29, 1.82) is 0 Å². The molecule has 0 amide bonds. The molecule has 1 atom stereocenters. The fourth-order valence-electron chi connectivity index (χ4n) is 1.20. The van der Waals surface area contributed by atoms with E-state index in [1.54, 1.807) is 39.4 Å². The number of carbonyl (C=O) groups is 1. The largest absolute Gasteiger partial charge is 0.493 e. The second-order valence-electron chi connectivity index (χ2n) is 2.93. The summed E-state index contributed by atoms with van der Waals surface area (Å²) in [4.78, 5) is 11.6. The van der Waals surface area contributed by atoms with Crippen molar-refractivity contribution in [3.8, 4) is 11.5 Å². The lowest BCUT2D eigenvalue weighted by Gasteiger charge is -2.08. The summed E-state index contributed by atoms with van der Waals surface area (Å²) in [5.41, 5.74) is 0.475. The number of Topliss-reactive ketones (excluding diaryl/α,β-unsaturated/α-hetero) is 1. The normalized spacial score (nSPS) is 11.9. The molecule has 0 aliphatic heterocycles. The van der Waals surface area contributed by atoms with E-state index in [-0.39, 0.29) is 11.5 Å². The lowest BCUT2D eigenvalue weighted by molar-refractivity contribution is 0.102. The maximum atomic E-state index is 11.6. The minimum Gasteiger partial charge on any atom is -0.493 e. The second kappa shape index (κ2) is 6.19. The summed E-state index contributed by atoms with van der Waals surface area (Å²) in [6.45, 7) is 0. The monoisotopic (exact) mass is 354 g/mol. The Balaban J connectivity index is 2.98. The molecule has 1 aromatic rings. The lowest BCUT2D eigenvalue weighted by atomic mass is 10.1. The van der Waals surface area contributed by atoms with Crippen molar-refractivity contribution >= 4 is 35.0 Å². The summed E-state index contributed by atoms with van der Waals surface area (Å²) < 4.78 is 21.1. The fraction of sp³-hybridized carbons (Fsp3) is 0.300. The molecule has 0 aliphatic carbocycles. The first-order valence-corrected chi connectivity index (χ1v) is 8.24. The molecule has 0 spiro atoms. The van der Waals surface area contributed by atoms with Crippen LogP contribution in [0.4, 0.5) is 0 Å². The molecule has 0 fully saturated rings. The molecule has 0 radical (unpaired) electrons. The summed E-state index contributed by atoms with van der Waals surface area (Å²) in [5.74, 6) is 0.895. The van der Waals surface area contributed by atoms with Gasteiger partial charge in [-0.15, -0.1) is 0 Å². The summed E-state index contributed by atoms with van der Waals surface area (Å²) in [6, 6.07) is 4.88. The van der Waals surface area contributed by atoms with Crippen LogP contribution in [0.25, 0.3) is 0 Å². The first kappa shape index (κ1) is 13.4. The van der Waals surface area contributed by atoms with Crippen LogP contribution in [0.2, 0.25) is 0 Å². The van der Waals surface area contributed by atoms with Gasteiger partial charge in [-0.05, 0) is 18.2 Å². The third kappa shape index (κ3) is 3.44. The van der Waals surface area contributed by atoms with Crippen LogP contribution < -0.4 is 9.47 Å². The summed E-state index contributed by atoms with van der Waals surface area (Å²) >= 11 is 1.71. The highest BCUT2D eigenvalue weighted by molar-refractivity contribution is 14.2. The Bertz CT molecular complexity index is 419. The maximum absolute atomic E-state index is 11.6. The molecule has 0 saturated heterocycles. The predicted octanol–water partition coefficient (Wildman–Crippen LogP) is 1.99. The zero-order chi connectivity index (χ0) is 12.1. The molecular weight excluding hydrogens is 343 g/mol. The van der Waals surface area contributed by atoms with Gasteiger partial charge in [0.1, 0.15) is 0 Å². The van der Waals surface area contributed by atoms with Gasteiger partial charge in [0.05, 0.1) is 27.9 Å². The number of rotatable bonds is 5. The van der Waals surface area contributed by atoms with Gasteiger partial charge in [0.2, 0.25) is 0 Å². The van der Waals surface area contributed by atoms with Crippen molar-refractivity contribution in [3.05, 3.63) is 23.8 Å². The SMILES string of the molecule is COc1ccc(C(=O)CS(=O)I)cc1OC. The van der Waals surface area contributed by atoms with Crippen molar-refractivity contribution in [2.45, 2.75) is 0 Å². The number of ether oxygens (including phenoxy) is 2. The highest BCUT2D eigenvalue weighted by Crippen LogP contribution is 2.27. The third-order valence-corrected chi connectivity index (χ3v) is 3.37. The molecule has 1 aromatic carbocycles. The Hall–Kier alpha value is -0.630. The Morgan fingerprint density at radius 3 is 2.44 bits per heavy atom. The van der Waals surface area contributed by atoms with Crippen molar-refractivity contribution in [3.63, 3.8) is 0 Å². The third-order valence-electron chi connectivity index (χ3n) is 1.95. The Kier molecular flexibility index (Phi) is 5.20. The van der Waals surface area contributed by atoms with Crippen molar-refractivity contribution in [1.82, 2.24) is 0 Å². The molecule has 4 nitrogen and oxygen atoms in total. The molecule has 0 saturated carbocycles. The van der Waals surface area contributed by atoms with Crippen LogP contribution in [0.5, 0.6) is 11.5 Å². The molecule has 16 heavy (non-hydrogen) atoms. The highest BCUT2D eigenvalue weighted by Gasteiger charge is 2.12. The van der Waals surface area contributed by atoms with Crippen molar-refractivity contribution < 1.29 is 18.5 Å². The number of carbonyl (C=O) groups excluding carboxylic acids is 1. The van der Waals surface area contributed by atoms with Gasteiger partial charge in [0.25, 0.3) is 0 Å². The standard InChI is InChI=1S/C10H11IO4S/c1-14-9-4-3-7(5-10(9)15-2)8(12)6-16(11)13/h3-5H,6H2,1-2H3. The van der Waals surface area contributed by atoms with E-state index in [9.17, 15) is 9.00 Å². The van der Waals surface area contributed by atoms with Crippen LogP contribution in [0.1, 0.15) is 10.4 Å². The van der Waals surface area contributed by atoms with E-state index in [1.807, 2.05) is 0 Å². The van der Waals surface area contributed by atoms with E-state index in [4.69, 9.17) is 9.47 Å². The Labute approximate surface area is 108 Å². The van der Waals surface area contributed by atoms with Gasteiger partial charge in [-0.25, -0.2) is 4.21 Å². The molecule has 0 N–H and O–H groups in total. The van der Waals surface area contributed by atoms with E-state index in [1.165, 1.54) is 14.2 Å². The van der Waals surface area contributed by atoms with E-state index in [2.05, 4.69) is 0 Å². The topological polar surface area (TPSA) is 52.6 Å². The van der Waals surface area contributed by atoms with Gasteiger partial charge in [-0.2, -0.15) is 0 Å². The number of ketones is 1. The quantitative estimate of drug-likeness (QED) is 0.461. The van der Waals surface area contributed by atoms with Crippen LogP contribution in [0, 0.1) is 0 Å². The molecule has 1 rings (SSSR count). The molecule has 0 aromatic heterocycles. The van der Waals surface area contributed by atoms with Crippen LogP contribution >= 0.6 is 21.2 Å². The van der Waals surface area contributed by atoms with Crippen LogP contribution in [0.15, 0.2) is 18.2 Å². The van der Waals surface area contributed by atoms with Gasteiger partial charge >= 0.3 is 0 Å². The van der Waals surface area contributed by atoms with E-state index in [0.717, 1.165) is 0 Å². The fourth-order valence-corrected chi connectivity index (χ4v) is 2.42. The minimum atomic E-state index is -1.16. The zero-order valence-electron chi connectivity index (χ0n) is 8.86. The summed E-state index contributed by atoms with van der Waals surface area (Å²) in [5, 5.41) is 0. The number of halogens is 1. The maximum Gasteiger partial charge on any atom is 0.176 e. The van der Waals surface area contributed by atoms with Gasteiger partial charge in [0.15, 0.2) is 17.3 Å². The highest BCUT2D eigenvalue weighted by atomic mass is 127. The van der Waals surface area contributed by atoms with Gasteiger partial charge in [0, 0.05) is 26.8 Å². The number of hydrogen-bond acceptors (Lipinski definition) is 4. The first-order valence-electron chi connectivity index (χ1n) is 4.38. The summed E-state index contributed by atoms with van der Waals surface area (Å²) in [6.07, 6.45) is 0. The lowest BCUT2D eigenvalue weighted by Crippen LogP contribution is -2.07. The van der Waals surface area contributed by atoms with Crippen LogP contribution in [0.3, 0.4) is 0 Å². The number of hydrogen-bond donors (Lipinski definition) is 0. The van der Waals surface area contributed by atoms with Crippen LogP contribution in [-0.4, -0.2) is 30.0 Å². The molecule has 88 valence electrons. The summed E-state index contributed by atoms with van der Waals surface area (Å²) in [7, 11) is 1.87. The molecule has 6 heteroatoms. The van der Waals surface area contributed by atoms with Gasteiger partial charge in [-0.3, -0.25) is 4.79 Å². The van der Waals surface area contributed by atoms with Gasteiger partial charge in [-0.1, -0.05) is 0 Å². The minimum absolute atomic E-state index is 0.00996. The van der Waals surface area contributed by atoms with E-state index < -0.39 is 7.97 Å². The molecular formula is C10H11IO4S. The first-order chi connectivity index (χ1) is 7.58. The average Bonchev–Trinajstić information content (AvgIpc) is 2.27. The Morgan fingerprint density at radius 2 is 1.94 bits per heavy atom. The number of methoxy groups -OCH3 is 2. The number of benzene rings is 1.